The first-order valence-corrected chi connectivity index (χ1v) is 6.69. The van der Waals surface area contributed by atoms with Gasteiger partial charge in [0, 0.05) is 7.11 Å². The van der Waals surface area contributed by atoms with Crippen LogP contribution in [0.15, 0.2) is 18.2 Å². The number of anilines is 1. The highest BCUT2D eigenvalue weighted by Crippen LogP contribution is 2.35. The molecule has 0 aliphatic carbocycles. The zero-order chi connectivity index (χ0) is 16.8. The molecular formula is C14H20ClF3N2O3. The molecule has 0 spiro atoms. The number of hydrogen-bond acceptors (Lipinski definition) is 4. The molecule has 132 valence electrons. The molecule has 9 heteroatoms. The average Bonchev–Trinajstić information content (AvgIpc) is 2.45. The van der Waals surface area contributed by atoms with Gasteiger partial charge in [0.15, 0.2) is 0 Å². The molecule has 0 aromatic heterocycles. The predicted molar refractivity (Wildman–Crippen MR) is 83.0 cm³/mol. The molecule has 0 fully saturated rings. The van der Waals surface area contributed by atoms with Gasteiger partial charge < -0.3 is 20.5 Å². The van der Waals surface area contributed by atoms with Gasteiger partial charge in [-0.2, -0.15) is 13.2 Å². The fourth-order valence-electron chi connectivity index (χ4n) is 1.62. The third kappa shape index (κ3) is 6.64. The number of carbonyl (C=O) groups excluding carboxylic acids is 1. The van der Waals surface area contributed by atoms with Crippen molar-refractivity contribution in [2.75, 3.05) is 25.6 Å². The number of halogens is 4. The first-order valence-electron chi connectivity index (χ1n) is 6.69. The number of rotatable bonds is 7. The topological polar surface area (TPSA) is 73.6 Å². The molecule has 1 atom stereocenters. The van der Waals surface area contributed by atoms with Crippen LogP contribution < -0.4 is 15.8 Å². The van der Waals surface area contributed by atoms with Gasteiger partial charge in [-0.25, -0.2) is 0 Å². The number of nitrogens with one attached hydrogen (secondary N) is 1. The number of carbonyl (C=O) groups is 1. The molecule has 0 bridgehead atoms. The second kappa shape index (κ2) is 9.59. The Hall–Kier alpha value is -1.51. The zero-order valence-electron chi connectivity index (χ0n) is 12.8. The van der Waals surface area contributed by atoms with Crippen LogP contribution in [-0.2, 0) is 15.7 Å². The summed E-state index contributed by atoms with van der Waals surface area (Å²) in [6.45, 7) is 2.13. The van der Waals surface area contributed by atoms with E-state index < -0.39 is 23.7 Å². The Balaban J connectivity index is 0.00000484. The Bertz CT molecular complexity index is 513. The number of ether oxygens (including phenoxy) is 2. The Labute approximate surface area is 138 Å². The monoisotopic (exact) mass is 356 g/mol. The number of alkyl halides is 3. The van der Waals surface area contributed by atoms with E-state index in [4.69, 9.17) is 15.2 Å². The molecule has 0 aliphatic rings. The number of nitrogens with two attached hydrogens (primary N) is 1. The fraction of sp³-hybridized carbons (Fsp3) is 0.500. The van der Waals surface area contributed by atoms with E-state index in [2.05, 4.69) is 5.32 Å². The molecule has 0 aliphatic heterocycles. The standard InChI is InChI=1S/C14H19F3N2O3.ClH/c1-3-6-22-12-5-4-9(14(15,16)17)7-11(12)19-13(20)10(18)8-21-2;/h4-5,7,10H,3,6,8,18H2,1-2H3,(H,19,20);1H. The van der Waals surface area contributed by atoms with Gasteiger partial charge in [0.25, 0.3) is 0 Å². The fourth-order valence-corrected chi connectivity index (χ4v) is 1.62. The van der Waals surface area contributed by atoms with Crippen molar-refractivity contribution in [1.29, 1.82) is 0 Å². The van der Waals surface area contributed by atoms with E-state index in [1.54, 1.807) is 0 Å². The smallest absolute Gasteiger partial charge is 0.416 e. The van der Waals surface area contributed by atoms with Gasteiger partial charge in [0.2, 0.25) is 5.91 Å². The van der Waals surface area contributed by atoms with E-state index in [-0.39, 0.29) is 30.5 Å². The number of benzene rings is 1. The van der Waals surface area contributed by atoms with Crippen LogP contribution in [0.2, 0.25) is 0 Å². The summed E-state index contributed by atoms with van der Waals surface area (Å²) in [5, 5.41) is 2.35. The maximum atomic E-state index is 12.8. The highest BCUT2D eigenvalue weighted by molar-refractivity contribution is 5.96. The molecule has 0 heterocycles. The largest absolute Gasteiger partial charge is 0.491 e. The van der Waals surface area contributed by atoms with Crippen molar-refractivity contribution < 1.29 is 27.4 Å². The van der Waals surface area contributed by atoms with Crippen LogP contribution >= 0.6 is 12.4 Å². The predicted octanol–water partition coefficient (Wildman–Crippen LogP) is 2.83. The van der Waals surface area contributed by atoms with E-state index in [1.165, 1.54) is 13.2 Å². The third-order valence-electron chi connectivity index (χ3n) is 2.71. The maximum Gasteiger partial charge on any atom is 0.416 e. The zero-order valence-corrected chi connectivity index (χ0v) is 13.6. The minimum absolute atomic E-state index is 0. The van der Waals surface area contributed by atoms with Crippen molar-refractivity contribution >= 4 is 24.0 Å². The molecule has 0 saturated carbocycles. The number of methoxy groups -OCH3 is 1. The SMILES string of the molecule is CCCOc1ccc(C(F)(F)F)cc1NC(=O)C(N)COC.Cl. The van der Waals surface area contributed by atoms with Gasteiger partial charge in [0.1, 0.15) is 11.8 Å². The van der Waals surface area contributed by atoms with Gasteiger partial charge >= 0.3 is 6.18 Å². The van der Waals surface area contributed by atoms with E-state index in [9.17, 15) is 18.0 Å². The summed E-state index contributed by atoms with van der Waals surface area (Å²) in [4.78, 5) is 11.8. The molecule has 1 aromatic rings. The van der Waals surface area contributed by atoms with Crippen LogP contribution in [0.5, 0.6) is 5.75 Å². The van der Waals surface area contributed by atoms with Crippen molar-refractivity contribution in [1.82, 2.24) is 0 Å². The Kier molecular flexibility index (Phi) is 8.96. The Morgan fingerprint density at radius 2 is 2.04 bits per heavy atom. The van der Waals surface area contributed by atoms with Crippen molar-refractivity contribution in [3.8, 4) is 5.75 Å². The van der Waals surface area contributed by atoms with E-state index >= 15 is 0 Å². The molecule has 3 N–H and O–H groups in total. The van der Waals surface area contributed by atoms with Crippen LogP contribution in [0, 0.1) is 0 Å². The summed E-state index contributed by atoms with van der Waals surface area (Å²) >= 11 is 0. The molecule has 1 rings (SSSR count). The van der Waals surface area contributed by atoms with E-state index in [0.29, 0.717) is 13.0 Å². The first-order chi connectivity index (χ1) is 10.3. The molecule has 5 nitrogen and oxygen atoms in total. The highest BCUT2D eigenvalue weighted by Gasteiger charge is 2.31. The lowest BCUT2D eigenvalue weighted by Crippen LogP contribution is -2.39. The first kappa shape index (κ1) is 21.5. The summed E-state index contributed by atoms with van der Waals surface area (Å²) in [7, 11) is 1.37. The second-order valence-corrected chi connectivity index (χ2v) is 4.61. The van der Waals surface area contributed by atoms with Gasteiger partial charge in [-0.15, -0.1) is 12.4 Å². The Morgan fingerprint density at radius 1 is 1.39 bits per heavy atom. The normalized spacial score (nSPS) is 12.3. The lowest BCUT2D eigenvalue weighted by molar-refractivity contribution is -0.137. The van der Waals surface area contributed by atoms with Gasteiger partial charge in [-0.05, 0) is 24.6 Å². The van der Waals surface area contributed by atoms with Crippen LogP contribution in [0.1, 0.15) is 18.9 Å². The summed E-state index contributed by atoms with van der Waals surface area (Å²) in [6, 6.07) is 1.91. The van der Waals surface area contributed by atoms with Crippen LogP contribution in [0.3, 0.4) is 0 Å². The maximum absolute atomic E-state index is 12.8. The van der Waals surface area contributed by atoms with Crippen LogP contribution in [0.4, 0.5) is 18.9 Å². The number of amides is 1. The lowest BCUT2D eigenvalue weighted by Gasteiger charge is -2.17. The highest BCUT2D eigenvalue weighted by atomic mass is 35.5. The Morgan fingerprint density at radius 3 is 2.57 bits per heavy atom. The lowest BCUT2D eigenvalue weighted by atomic mass is 10.1. The third-order valence-corrected chi connectivity index (χ3v) is 2.71. The van der Waals surface area contributed by atoms with Gasteiger partial charge in [-0.3, -0.25) is 4.79 Å². The van der Waals surface area contributed by atoms with Crippen LogP contribution in [0.25, 0.3) is 0 Å². The molecule has 0 radical (unpaired) electrons. The molecule has 0 saturated heterocycles. The van der Waals surface area contributed by atoms with Crippen molar-refractivity contribution in [2.45, 2.75) is 25.6 Å². The minimum Gasteiger partial charge on any atom is -0.491 e. The molecule has 23 heavy (non-hydrogen) atoms. The van der Waals surface area contributed by atoms with Crippen LogP contribution in [-0.4, -0.2) is 32.3 Å². The summed E-state index contributed by atoms with van der Waals surface area (Å²) in [6.07, 6.45) is -3.84. The number of hydrogen-bond donors (Lipinski definition) is 2. The molecule has 1 amide bonds. The van der Waals surface area contributed by atoms with Crippen molar-refractivity contribution in [3.05, 3.63) is 23.8 Å². The average molecular weight is 357 g/mol. The summed E-state index contributed by atoms with van der Waals surface area (Å²) < 4.78 is 48.4. The minimum atomic E-state index is -4.52. The molecule has 1 aromatic carbocycles. The summed E-state index contributed by atoms with van der Waals surface area (Å²) in [5.74, 6) is -0.490. The van der Waals surface area contributed by atoms with Gasteiger partial charge in [-0.1, -0.05) is 6.92 Å². The quantitative estimate of drug-likeness (QED) is 0.788. The molecular weight excluding hydrogens is 337 g/mol. The molecule has 1 unspecified atom stereocenters. The van der Waals surface area contributed by atoms with Crippen molar-refractivity contribution in [2.24, 2.45) is 5.73 Å². The summed E-state index contributed by atoms with van der Waals surface area (Å²) in [5.41, 5.74) is 4.60. The van der Waals surface area contributed by atoms with E-state index in [0.717, 1.165) is 12.1 Å². The van der Waals surface area contributed by atoms with Gasteiger partial charge in [0.05, 0.1) is 24.5 Å². The second-order valence-electron chi connectivity index (χ2n) is 4.61. The van der Waals surface area contributed by atoms with Crippen molar-refractivity contribution in [3.63, 3.8) is 0 Å². The van der Waals surface area contributed by atoms with E-state index in [1.807, 2.05) is 6.92 Å².